The van der Waals surface area contributed by atoms with Gasteiger partial charge in [0.25, 0.3) is 5.91 Å². The molecule has 0 atom stereocenters. The zero-order chi connectivity index (χ0) is 17.9. The summed E-state index contributed by atoms with van der Waals surface area (Å²) in [4.78, 5) is 28.5. The first-order valence-corrected chi connectivity index (χ1v) is 9.00. The van der Waals surface area contributed by atoms with Crippen LogP contribution in [-0.2, 0) is 14.3 Å². The maximum atomic E-state index is 12.7. The number of hydrogen-bond acceptors (Lipinski definition) is 5. The van der Waals surface area contributed by atoms with Gasteiger partial charge in [-0.3, -0.25) is 14.5 Å². The predicted octanol–water partition coefficient (Wildman–Crippen LogP) is 1.80. The minimum Gasteiger partial charge on any atom is -0.466 e. The lowest BCUT2D eigenvalue weighted by Gasteiger charge is -2.28. The van der Waals surface area contributed by atoms with Gasteiger partial charge in [0.05, 0.1) is 26.2 Å². The van der Waals surface area contributed by atoms with E-state index in [0.29, 0.717) is 25.3 Å². The van der Waals surface area contributed by atoms with Gasteiger partial charge < -0.3 is 14.4 Å². The first-order chi connectivity index (χ1) is 12.2. The van der Waals surface area contributed by atoms with Crippen molar-refractivity contribution in [3.05, 3.63) is 35.9 Å². The molecule has 1 heterocycles. The molecule has 1 aromatic carbocycles. The number of carbonyl (C=O) groups excluding carboxylic acids is 2. The largest absolute Gasteiger partial charge is 0.466 e. The highest BCUT2D eigenvalue weighted by Gasteiger charge is 2.18. The Bertz CT molecular complexity index is 529. The molecule has 0 N–H and O–H groups in total. The molecule has 0 aromatic heterocycles. The highest BCUT2D eigenvalue weighted by atomic mass is 16.5. The maximum Gasteiger partial charge on any atom is 0.307 e. The van der Waals surface area contributed by atoms with Crippen molar-refractivity contribution in [2.75, 3.05) is 52.5 Å². The molecule has 0 radical (unpaired) electrons. The first-order valence-electron chi connectivity index (χ1n) is 9.00. The van der Waals surface area contributed by atoms with Crippen LogP contribution in [0, 0.1) is 0 Å². The number of amides is 1. The number of carbonyl (C=O) groups is 2. The summed E-state index contributed by atoms with van der Waals surface area (Å²) < 4.78 is 10.3. The van der Waals surface area contributed by atoms with Crippen LogP contribution in [0.25, 0.3) is 0 Å². The van der Waals surface area contributed by atoms with Crippen molar-refractivity contribution in [1.29, 1.82) is 0 Å². The second-order valence-corrected chi connectivity index (χ2v) is 6.02. The van der Waals surface area contributed by atoms with E-state index in [1.165, 1.54) is 0 Å². The van der Waals surface area contributed by atoms with Crippen molar-refractivity contribution in [1.82, 2.24) is 9.80 Å². The molecular weight excluding hydrogens is 320 g/mol. The zero-order valence-electron chi connectivity index (χ0n) is 15.0. The molecule has 138 valence electrons. The SMILES string of the molecule is CCOC(=O)CCN(CCCN1CCOCC1)C(=O)c1ccccc1. The molecule has 25 heavy (non-hydrogen) atoms. The van der Waals surface area contributed by atoms with Gasteiger partial charge in [-0.2, -0.15) is 0 Å². The van der Waals surface area contributed by atoms with E-state index in [9.17, 15) is 9.59 Å². The number of morpholine rings is 1. The van der Waals surface area contributed by atoms with Gasteiger partial charge in [-0.1, -0.05) is 18.2 Å². The van der Waals surface area contributed by atoms with Crippen molar-refractivity contribution in [2.24, 2.45) is 0 Å². The van der Waals surface area contributed by atoms with Crippen molar-refractivity contribution in [3.63, 3.8) is 0 Å². The minimum atomic E-state index is -0.262. The number of ether oxygens (including phenoxy) is 2. The Hall–Kier alpha value is -1.92. The average Bonchev–Trinajstić information content (AvgIpc) is 2.66. The lowest BCUT2D eigenvalue weighted by Crippen LogP contribution is -2.39. The van der Waals surface area contributed by atoms with Crippen molar-refractivity contribution >= 4 is 11.9 Å². The Labute approximate surface area is 149 Å². The van der Waals surface area contributed by atoms with E-state index in [1.54, 1.807) is 11.8 Å². The third-order valence-corrected chi connectivity index (χ3v) is 4.21. The first kappa shape index (κ1) is 19.4. The van der Waals surface area contributed by atoms with Gasteiger partial charge in [0.2, 0.25) is 0 Å². The van der Waals surface area contributed by atoms with E-state index in [0.717, 1.165) is 39.3 Å². The summed E-state index contributed by atoms with van der Waals surface area (Å²) in [6.07, 6.45) is 1.10. The topological polar surface area (TPSA) is 59.1 Å². The highest BCUT2D eigenvalue weighted by molar-refractivity contribution is 5.94. The molecule has 6 heteroatoms. The van der Waals surface area contributed by atoms with Crippen LogP contribution in [0.4, 0.5) is 0 Å². The van der Waals surface area contributed by atoms with Gasteiger partial charge in [0, 0.05) is 38.3 Å². The number of esters is 1. The number of nitrogens with zero attached hydrogens (tertiary/aromatic N) is 2. The Balaban J connectivity index is 1.88. The summed E-state index contributed by atoms with van der Waals surface area (Å²) >= 11 is 0. The maximum absolute atomic E-state index is 12.7. The Morgan fingerprint density at radius 3 is 2.56 bits per heavy atom. The fourth-order valence-corrected chi connectivity index (χ4v) is 2.85. The summed E-state index contributed by atoms with van der Waals surface area (Å²) in [7, 11) is 0. The van der Waals surface area contributed by atoms with Gasteiger partial charge in [0.1, 0.15) is 0 Å². The molecule has 0 unspecified atom stereocenters. The van der Waals surface area contributed by atoms with Crippen LogP contribution >= 0.6 is 0 Å². The van der Waals surface area contributed by atoms with Crippen molar-refractivity contribution < 1.29 is 19.1 Å². The molecule has 1 aromatic rings. The predicted molar refractivity (Wildman–Crippen MR) is 95.5 cm³/mol. The van der Waals surface area contributed by atoms with E-state index in [1.807, 2.05) is 30.3 Å². The summed E-state index contributed by atoms with van der Waals surface area (Å²) in [6.45, 7) is 7.52. The molecule has 0 saturated carbocycles. The van der Waals surface area contributed by atoms with Gasteiger partial charge in [-0.25, -0.2) is 0 Å². The molecule has 1 aliphatic heterocycles. The van der Waals surface area contributed by atoms with Gasteiger partial charge in [-0.05, 0) is 25.5 Å². The van der Waals surface area contributed by atoms with Crippen LogP contribution in [0.15, 0.2) is 30.3 Å². The Morgan fingerprint density at radius 1 is 1.16 bits per heavy atom. The molecule has 1 amide bonds. The molecule has 1 fully saturated rings. The van der Waals surface area contributed by atoms with Crippen LogP contribution in [0.3, 0.4) is 0 Å². The van der Waals surface area contributed by atoms with Crippen LogP contribution in [0.2, 0.25) is 0 Å². The summed E-state index contributed by atoms with van der Waals surface area (Å²) in [5.74, 6) is -0.298. The van der Waals surface area contributed by atoms with Gasteiger partial charge >= 0.3 is 5.97 Å². The normalized spacial score (nSPS) is 14.9. The average molecular weight is 348 g/mol. The van der Waals surface area contributed by atoms with Crippen molar-refractivity contribution in [3.8, 4) is 0 Å². The third kappa shape index (κ3) is 6.84. The fraction of sp³-hybridized carbons (Fsp3) is 0.579. The number of rotatable bonds is 9. The summed E-state index contributed by atoms with van der Waals surface area (Å²) in [5.41, 5.74) is 0.651. The zero-order valence-corrected chi connectivity index (χ0v) is 15.0. The summed E-state index contributed by atoms with van der Waals surface area (Å²) in [6, 6.07) is 9.20. The lowest BCUT2D eigenvalue weighted by atomic mass is 10.2. The van der Waals surface area contributed by atoms with E-state index in [2.05, 4.69) is 4.90 Å². The molecule has 6 nitrogen and oxygen atoms in total. The third-order valence-electron chi connectivity index (χ3n) is 4.21. The highest BCUT2D eigenvalue weighted by Crippen LogP contribution is 2.08. The molecule has 2 rings (SSSR count). The Morgan fingerprint density at radius 2 is 1.88 bits per heavy atom. The van der Waals surface area contributed by atoms with Gasteiger partial charge in [-0.15, -0.1) is 0 Å². The molecule has 0 spiro atoms. The van der Waals surface area contributed by atoms with Crippen LogP contribution in [0.1, 0.15) is 30.1 Å². The molecule has 0 bridgehead atoms. The van der Waals surface area contributed by atoms with E-state index in [-0.39, 0.29) is 18.3 Å². The molecule has 0 aliphatic carbocycles. The lowest BCUT2D eigenvalue weighted by molar-refractivity contribution is -0.143. The quantitative estimate of drug-likeness (QED) is 0.637. The van der Waals surface area contributed by atoms with E-state index in [4.69, 9.17) is 9.47 Å². The monoisotopic (exact) mass is 348 g/mol. The standard InChI is InChI=1S/C19H28N2O4/c1-2-25-18(22)9-12-21(19(23)17-7-4-3-5-8-17)11-6-10-20-13-15-24-16-14-20/h3-5,7-8H,2,6,9-16H2,1H3. The van der Waals surface area contributed by atoms with Crippen LogP contribution < -0.4 is 0 Å². The van der Waals surface area contributed by atoms with Crippen LogP contribution in [0.5, 0.6) is 0 Å². The number of hydrogen-bond donors (Lipinski definition) is 0. The number of benzene rings is 1. The summed E-state index contributed by atoms with van der Waals surface area (Å²) in [5, 5.41) is 0. The van der Waals surface area contributed by atoms with E-state index >= 15 is 0 Å². The second kappa shape index (κ2) is 10.8. The minimum absolute atomic E-state index is 0.0353. The fourth-order valence-electron chi connectivity index (χ4n) is 2.85. The van der Waals surface area contributed by atoms with E-state index < -0.39 is 0 Å². The van der Waals surface area contributed by atoms with Gasteiger partial charge in [0.15, 0.2) is 0 Å². The Kier molecular flexibility index (Phi) is 8.42. The molecular formula is C19H28N2O4. The van der Waals surface area contributed by atoms with Crippen molar-refractivity contribution in [2.45, 2.75) is 19.8 Å². The smallest absolute Gasteiger partial charge is 0.307 e. The molecule has 1 saturated heterocycles. The molecule has 1 aliphatic rings. The van der Waals surface area contributed by atoms with Crippen LogP contribution in [-0.4, -0.2) is 74.2 Å². The second-order valence-electron chi connectivity index (χ2n) is 6.02.